The first-order valence-electron chi connectivity index (χ1n) is 4.43. The Morgan fingerprint density at radius 1 is 1.60 bits per heavy atom. The summed E-state index contributed by atoms with van der Waals surface area (Å²) in [6.07, 6.45) is 4.76. The summed E-state index contributed by atoms with van der Waals surface area (Å²) in [5.74, 6) is -0.223. The third-order valence-electron chi connectivity index (χ3n) is 1.71. The number of nitrogens with one attached hydrogen (secondary N) is 1. The molecule has 0 radical (unpaired) electrons. The van der Waals surface area contributed by atoms with Crippen LogP contribution in [0.4, 0.5) is 0 Å². The fourth-order valence-corrected chi connectivity index (χ4v) is 1.33. The number of rotatable bonds is 4. The zero-order chi connectivity index (χ0) is 11.3. The van der Waals surface area contributed by atoms with E-state index >= 15 is 0 Å². The van der Waals surface area contributed by atoms with E-state index < -0.39 is 0 Å². The van der Waals surface area contributed by atoms with Crippen LogP contribution in [0.15, 0.2) is 18.7 Å². The van der Waals surface area contributed by atoms with Gasteiger partial charge in [-0.1, -0.05) is 12.2 Å². The maximum absolute atomic E-state index is 11.6. The molecule has 0 bridgehead atoms. The Labute approximate surface area is 93.1 Å². The molecule has 0 saturated carbocycles. The lowest BCUT2D eigenvalue weighted by molar-refractivity contribution is 0.0940. The van der Waals surface area contributed by atoms with Gasteiger partial charge in [-0.2, -0.15) is 0 Å². The Hall–Kier alpha value is -1.56. The standard InChI is InChI=1S/C9H12N4OS/c1-6(2-8(10)15)13-9(14)7-3-11-5-12-4-7/h3-6H,2H2,1H3,(H2,10,15)(H,13,14). The van der Waals surface area contributed by atoms with E-state index in [2.05, 4.69) is 15.3 Å². The van der Waals surface area contributed by atoms with Crippen molar-refractivity contribution < 1.29 is 4.79 Å². The van der Waals surface area contributed by atoms with Gasteiger partial charge in [-0.3, -0.25) is 4.79 Å². The monoisotopic (exact) mass is 224 g/mol. The highest BCUT2D eigenvalue weighted by molar-refractivity contribution is 7.80. The minimum Gasteiger partial charge on any atom is -0.393 e. The molecule has 0 spiro atoms. The van der Waals surface area contributed by atoms with Gasteiger partial charge in [-0.25, -0.2) is 9.97 Å². The lowest BCUT2D eigenvalue weighted by Crippen LogP contribution is -2.35. The molecule has 6 heteroatoms. The summed E-state index contributed by atoms with van der Waals surface area (Å²) in [5, 5.41) is 2.74. The number of nitrogens with zero attached hydrogens (tertiary/aromatic N) is 2. The van der Waals surface area contributed by atoms with E-state index in [0.717, 1.165) is 0 Å². The number of hydrogen-bond acceptors (Lipinski definition) is 4. The molecular weight excluding hydrogens is 212 g/mol. The van der Waals surface area contributed by atoms with Crippen molar-refractivity contribution in [2.24, 2.45) is 5.73 Å². The summed E-state index contributed by atoms with van der Waals surface area (Å²) < 4.78 is 0. The van der Waals surface area contributed by atoms with Gasteiger partial charge < -0.3 is 11.1 Å². The van der Waals surface area contributed by atoms with Crippen LogP contribution in [0.1, 0.15) is 23.7 Å². The molecule has 0 fully saturated rings. The molecule has 0 aliphatic heterocycles. The molecule has 1 unspecified atom stereocenters. The number of nitrogens with two attached hydrogens (primary N) is 1. The van der Waals surface area contributed by atoms with E-state index in [-0.39, 0.29) is 11.9 Å². The van der Waals surface area contributed by atoms with Crippen LogP contribution in [0, 0.1) is 0 Å². The molecule has 15 heavy (non-hydrogen) atoms. The van der Waals surface area contributed by atoms with E-state index in [0.29, 0.717) is 17.0 Å². The molecule has 0 aliphatic carbocycles. The summed E-state index contributed by atoms with van der Waals surface area (Å²) in [6, 6.07) is -0.0878. The van der Waals surface area contributed by atoms with Gasteiger partial charge in [-0.05, 0) is 6.92 Å². The molecule has 1 heterocycles. The second-order valence-electron chi connectivity index (χ2n) is 3.17. The summed E-state index contributed by atoms with van der Waals surface area (Å²) in [7, 11) is 0. The summed E-state index contributed by atoms with van der Waals surface area (Å²) in [5.41, 5.74) is 5.79. The Morgan fingerprint density at radius 3 is 2.73 bits per heavy atom. The van der Waals surface area contributed by atoms with Crippen LogP contribution in [-0.4, -0.2) is 26.9 Å². The topological polar surface area (TPSA) is 80.9 Å². The minimum absolute atomic E-state index is 0.0878. The first-order valence-corrected chi connectivity index (χ1v) is 4.84. The molecule has 1 aromatic rings. The average molecular weight is 224 g/mol. The summed E-state index contributed by atoms with van der Waals surface area (Å²) in [4.78, 5) is 19.4. The molecule has 3 N–H and O–H groups in total. The third-order valence-corrected chi connectivity index (χ3v) is 1.87. The predicted molar refractivity (Wildman–Crippen MR) is 60.4 cm³/mol. The van der Waals surface area contributed by atoms with Gasteiger partial charge in [0.1, 0.15) is 6.33 Å². The quantitative estimate of drug-likeness (QED) is 0.717. The molecule has 1 atom stereocenters. The molecule has 0 aromatic carbocycles. The summed E-state index contributed by atoms with van der Waals surface area (Å²) >= 11 is 4.74. The van der Waals surface area contributed by atoms with Crippen LogP contribution in [0.2, 0.25) is 0 Å². The maximum atomic E-state index is 11.6. The molecule has 0 aliphatic rings. The number of thiocarbonyl (C=S) groups is 1. The van der Waals surface area contributed by atoms with E-state index in [1.54, 1.807) is 0 Å². The van der Waals surface area contributed by atoms with E-state index in [9.17, 15) is 4.79 Å². The van der Waals surface area contributed by atoms with Gasteiger partial charge in [0.15, 0.2) is 0 Å². The van der Waals surface area contributed by atoms with Crippen molar-refractivity contribution in [1.29, 1.82) is 0 Å². The zero-order valence-corrected chi connectivity index (χ0v) is 9.12. The zero-order valence-electron chi connectivity index (χ0n) is 8.30. The largest absolute Gasteiger partial charge is 0.393 e. The SMILES string of the molecule is CC(CC(N)=S)NC(=O)c1cncnc1. The van der Waals surface area contributed by atoms with Gasteiger partial charge in [0.2, 0.25) is 0 Å². The molecule has 80 valence electrons. The van der Waals surface area contributed by atoms with Gasteiger partial charge in [-0.15, -0.1) is 0 Å². The van der Waals surface area contributed by atoms with Crippen molar-refractivity contribution in [3.05, 3.63) is 24.3 Å². The highest BCUT2D eigenvalue weighted by Gasteiger charge is 2.10. The third kappa shape index (κ3) is 3.99. The molecular formula is C9H12N4OS. The first-order chi connectivity index (χ1) is 7.09. The highest BCUT2D eigenvalue weighted by Crippen LogP contribution is 1.96. The van der Waals surface area contributed by atoms with Crippen molar-refractivity contribution in [2.45, 2.75) is 19.4 Å². The van der Waals surface area contributed by atoms with Crippen LogP contribution in [0.3, 0.4) is 0 Å². The van der Waals surface area contributed by atoms with Crippen LogP contribution >= 0.6 is 12.2 Å². The van der Waals surface area contributed by atoms with E-state index in [4.69, 9.17) is 18.0 Å². The maximum Gasteiger partial charge on any atom is 0.254 e. The van der Waals surface area contributed by atoms with Crippen LogP contribution < -0.4 is 11.1 Å². The number of hydrogen-bond donors (Lipinski definition) is 2. The Kier molecular flexibility index (Phi) is 4.11. The van der Waals surface area contributed by atoms with Crippen molar-refractivity contribution in [2.75, 3.05) is 0 Å². The number of aromatic nitrogens is 2. The van der Waals surface area contributed by atoms with Gasteiger partial charge in [0, 0.05) is 24.9 Å². The van der Waals surface area contributed by atoms with Crippen LogP contribution in [0.25, 0.3) is 0 Å². The van der Waals surface area contributed by atoms with Crippen molar-refractivity contribution in [3.63, 3.8) is 0 Å². The second-order valence-corrected chi connectivity index (χ2v) is 3.70. The minimum atomic E-state index is -0.223. The van der Waals surface area contributed by atoms with Crippen LogP contribution in [0.5, 0.6) is 0 Å². The number of carbonyl (C=O) groups is 1. The lowest BCUT2D eigenvalue weighted by atomic mass is 10.2. The normalized spacial score (nSPS) is 11.8. The van der Waals surface area contributed by atoms with Crippen molar-refractivity contribution >= 4 is 23.1 Å². The van der Waals surface area contributed by atoms with Crippen molar-refractivity contribution in [1.82, 2.24) is 15.3 Å². The number of carbonyl (C=O) groups excluding carboxylic acids is 1. The molecule has 1 rings (SSSR count). The molecule has 0 saturated heterocycles. The predicted octanol–water partition coefficient (Wildman–Crippen LogP) is 0.271. The fourth-order valence-electron chi connectivity index (χ4n) is 1.08. The highest BCUT2D eigenvalue weighted by atomic mass is 32.1. The number of amides is 1. The summed E-state index contributed by atoms with van der Waals surface area (Å²) in [6.45, 7) is 1.83. The van der Waals surface area contributed by atoms with Gasteiger partial charge in [0.05, 0.1) is 10.6 Å². The fraction of sp³-hybridized carbons (Fsp3) is 0.333. The average Bonchev–Trinajstić information content (AvgIpc) is 2.17. The molecule has 1 aromatic heterocycles. The second kappa shape index (κ2) is 5.35. The molecule has 5 nitrogen and oxygen atoms in total. The van der Waals surface area contributed by atoms with E-state index in [1.165, 1.54) is 18.7 Å². The van der Waals surface area contributed by atoms with Gasteiger partial charge in [0.25, 0.3) is 5.91 Å². The van der Waals surface area contributed by atoms with Crippen LogP contribution in [-0.2, 0) is 0 Å². The van der Waals surface area contributed by atoms with Gasteiger partial charge >= 0.3 is 0 Å². The van der Waals surface area contributed by atoms with E-state index in [1.807, 2.05) is 6.92 Å². The lowest BCUT2D eigenvalue weighted by Gasteiger charge is -2.12. The Bertz CT molecular complexity index is 354. The Balaban J connectivity index is 2.53. The van der Waals surface area contributed by atoms with Crippen molar-refractivity contribution in [3.8, 4) is 0 Å². The Morgan fingerprint density at radius 2 is 2.20 bits per heavy atom. The smallest absolute Gasteiger partial charge is 0.254 e. The first kappa shape index (κ1) is 11.5. The molecule has 1 amide bonds.